The summed E-state index contributed by atoms with van der Waals surface area (Å²) in [6.07, 6.45) is 3.93. The van der Waals surface area contributed by atoms with Crippen molar-refractivity contribution in [3.05, 3.63) is 12.3 Å². The summed E-state index contributed by atoms with van der Waals surface area (Å²) in [7, 11) is 1.25. The quantitative estimate of drug-likeness (QED) is 0.391. The van der Waals surface area contributed by atoms with Crippen molar-refractivity contribution in [3.63, 3.8) is 0 Å². The van der Waals surface area contributed by atoms with Gasteiger partial charge in [-0.3, -0.25) is 14.6 Å². The van der Waals surface area contributed by atoms with Crippen molar-refractivity contribution in [2.24, 2.45) is 10.9 Å². The van der Waals surface area contributed by atoms with Crippen LogP contribution in [0, 0.1) is 5.92 Å². The van der Waals surface area contributed by atoms with Crippen LogP contribution >= 0.6 is 0 Å². The molecule has 0 radical (unpaired) electrons. The average molecular weight is 153 g/mol. The first-order chi connectivity index (χ1) is 5.25. The van der Waals surface area contributed by atoms with Crippen LogP contribution < -0.4 is 0 Å². The number of ether oxygens (including phenoxy) is 1. The molecule has 0 aliphatic carbocycles. The number of hydrogen-bond donors (Lipinski definition) is 0. The predicted molar refractivity (Wildman–Crippen MR) is 38.1 cm³/mol. The second kappa shape index (κ2) is 3.09. The first-order valence-corrected chi connectivity index (χ1v) is 3.07. The van der Waals surface area contributed by atoms with Gasteiger partial charge < -0.3 is 4.74 Å². The Hall–Kier alpha value is -1.45. The summed E-state index contributed by atoms with van der Waals surface area (Å²) < 4.78 is 4.39. The molecule has 0 saturated heterocycles. The van der Waals surface area contributed by atoms with E-state index in [4.69, 9.17) is 0 Å². The predicted octanol–water partition coefficient (Wildman–Crippen LogP) is -0.0572. The third-order valence-electron chi connectivity index (χ3n) is 1.33. The molecule has 58 valence electrons. The summed E-state index contributed by atoms with van der Waals surface area (Å²) in [5.41, 5.74) is 0. The van der Waals surface area contributed by atoms with E-state index in [1.807, 2.05) is 0 Å². The molecule has 0 aromatic carbocycles. The number of Topliss-reactive ketones (excluding diaryl/α,β-unsaturated/α-hetero) is 1. The number of hydrogen-bond acceptors (Lipinski definition) is 4. The Labute approximate surface area is 63.6 Å². The smallest absolute Gasteiger partial charge is 0.320 e. The highest BCUT2D eigenvalue weighted by Gasteiger charge is 2.24. The van der Waals surface area contributed by atoms with Crippen molar-refractivity contribution >= 4 is 18.0 Å². The molecule has 1 aliphatic rings. The van der Waals surface area contributed by atoms with E-state index in [1.165, 1.54) is 19.4 Å². The van der Waals surface area contributed by atoms with Crippen molar-refractivity contribution < 1.29 is 14.3 Å². The third kappa shape index (κ3) is 1.52. The lowest BCUT2D eigenvalue weighted by Gasteiger charge is -2.07. The SMILES string of the molecule is COC(=O)C1C=CN=CC1=O. The Bertz CT molecular complexity index is 242. The zero-order valence-corrected chi connectivity index (χ0v) is 5.98. The number of rotatable bonds is 1. The van der Waals surface area contributed by atoms with E-state index >= 15 is 0 Å². The van der Waals surface area contributed by atoms with Crippen LogP contribution in [-0.4, -0.2) is 25.1 Å². The molecule has 4 nitrogen and oxygen atoms in total. The van der Waals surface area contributed by atoms with Crippen molar-refractivity contribution in [2.45, 2.75) is 0 Å². The minimum atomic E-state index is -0.794. The first-order valence-electron chi connectivity index (χ1n) is 3.07. The largest absolute Gasteiger partial charge is 0.468 e. The normalized spacial score (nSPS) is 21.9. The summed E-state index contributed by atoms with van der Waals surface area (Å²) in [5, 5.41) is 0. The highest BCUT2D eigenvalue weighted by atomic mass is 16.5. The zero-order valence-electron chi connectivity index (χ0n) is 5.98. The molecule has 0 aromatic rings. The molecule has 1 heterocycles. The van der Waals surface area contributed by atoms with E-state index in [-0.39, 0.29) is 5.78 Å². The van der Waals surface area contributed by atoms with Gasteiger partial charge in [0.1, 0.15) is 5.92 Å². The van der Waals surface area contributed by atoms with Crippen molar-refractivity contribution in [1.82, 2.24) is 0 Å². The second-order valence-electron chi connectivity index (χ2n) is 2.02. The molecule has 0 spiro atoms. The van der Waals surface area contributed by atoms with Crippen molar-refractivity contribution in [3.8, 4) is 0 Å². The van der Waals surface area contributed by atoms with E-state index in [9.17, 15) is 9.59 Å². The summed E-state index contributed by atoms with van der Waals surface area (Å²) in [4.78, 5) is 25.3. The lowest BCUT2D eigenvalue weighted by atomic mass is 10.0. The Morgan fingerprint density at radius 2 is 2.45 bits per heavy atom. The molecule has 0 amide bonds. The molecular formula is C7H7NO3. The number of carbonyl (C=O) groups is 2. The van der Waals surface area contributed by atoms with Gasteiger partial charge in [0.2, 0.25) is 0 Å². The number of nitrogens with zero attached hydrogens (tertiary/aromatic N) is 1. The maximum atomic E-state index is 10.9. The summed E-state index contributed by atoms with van der Waals surface area (Å²) in [6.45, 7) is 0. The molecule has 4 heteroatoms. The van der Waals surface area contributed by atoms with Gasteiger partial charge in [-0.1, -0.05) is 0 Å². The van der Waals surface area contributed by atoms with E-state index in [0.717, 1.165) is 6.21 Å². The van der Waals surface area contributed by atoms with Crippen LogP contribution in [0.25, 0.3) is 0 Å². The molecule has 0 aromatic heterocycles. The Balaban J connectivity index is 2.73. The van der Waals surface area contributed by atoms with Crippen LogP contribution in [0.4, 0.5) is 0 Å². The van der Waals surface area contributed by atoms with Gasteiger partial charge >= 0.3 is 5.97 Å². The third-order valence-corrected chi connectivity index (χ3v) is 1.33. The Morgan fingerprint density at radius 1 is 1.73 bits per heavy atom. The van der Waals surface area contributed by atoms with Gasteiger partial charge in [0.25, 0.3) is 0 Å². The molecule has 1 rings (SSSR count). The van der Waals surface area contributed by atoms with Gasteiger partial charge in [-0.05, 0) is 6.08 Å². The fourth-order valence-electron chi connectivity index (χ4n) is 0.749. The molecule has 0 bridgehead atoms. The highest BCUT2D eigenvalue weighted by Crippen LogP contribution is 2.05. The van der Waals surface area contributed by atoms with Gasteiger partial charge in [-0.2, -0.15) is 0 Å². The van der Waals surface area contributed by atoms with Crippen LogP contribution in [0.2, 0.25) is 0 Å². The molecule has 1 atom stereocenters. The van der Waals surface area contributed by atoms with Gasteiger partial charge in [0, 0.05) is 6.20 Å². The Kier molecular flexibility index (Phi) is 2.15. The van der Waals surface area contributed by atoms with Gasteiger partial charge in [0.05, 0.1) is 13.3 Å². The summed E-state index contributed by atoms with van der Waals surface area (Å²) in [6, 6.07) is 0. The molecular weight excluding hydrogens is 146 g/mol. The van der Waals surface area contributed by atoms with Crippen LogP contribution in [0.3, 0.4) is 0 Å². The molecule has 11 heavy (non-hydrogen) atoms. The fraction of sp³-hybridized carbons (Fsp3) is 0.286. The zero-order chi connectivity index (χ0) is 8.27. The van der Waals surface area contributed by atoms with Crippen LogP contribution in [0.15, 0.2) is 17.3 Å². The Morgan fingerprint density at radius 3 is 3.00 bits per heavy atom. The van der Waals surface area contributed by atoms with Crippen molar-refractivity contribution in [1.29, 1.82) is 0 Å². The molecule has 0 N–H and O–H groups in total. The van der Waals surface area contributed by atoms with Crippen LogP contribution in [0.1, 0.15) is 0 Å². The number of esters is 1. The summed E-state index contributed by atoms with van der Waals surface area (Å²) >= 11 is 0. The van der Waals surface area contributed by atoms with E-state index in [1.54, 1.807) is 0 Å². The standard InChI is InChI=1S/C7H7NO3/c1-11-7(10)5-2-3-8-4-6(5)9/h2-5H,1H3. The van der Waals surface area contributed by atoms with E-state index in [2.05, 4.69) is 9.73 Å². The van der Waals surface area contributed by atoms with Gasteiger partial charge in [-0.25, -0.2) is 0 Å². The van der Waals surface area contributed by atoms with E-state index < -0.39 is 11.9 Å². The number of carbonyl (C=O) groups excluding carboxylic acids is 2. The summed E-state index contributed by atoms with van der Waals surface area (Å²) in [5.74, 6) is -1.67. The number of ketones is 1. The molecule has 1 aliphatic heterocycles. The van der Waals surface area contributed by atoms with Crippen molar-refractivity contribution in [2.75, 3.05) is 7.11 Å². The first kappa shape index (κ1) is 7.65. The maximum Gasteiger partial charge on any atom is 0.320 e. The fourth-order valence-corrected chi connectivity index (χ4v) is 0.749. The van der Waals surface area contributed by atoms with Crippen LogP contribution in [-0.2, 0) is 14.3 Å². The molecule has 0 saturated carbocycles. The van der Waals surface area contributed by atoms with E-state index in [0.29, 0.717) is 0 Å². The monoisotopic (exact) mass is 153 g/mol. The molecule has 0 fully saturated rings. The molecule has 1 unspecified atom stereocenters. The van der Waals surface area contributed by atoms with Gasteiger partial charge in [-0.15, -0.1) is 0 Å². The minimum absolute atomic E-state index is 0.334. The van der Waals surface area contributed by atoms with Gasteiger partial charge in [0.15, 0.2) is 5.78 Å². The lowest BCUT2D eigenvalue weighted by Crippen LogP contribution is -2.25. The number of aliphatic imine (C=N–C) groups is 1. The number of methoxy groups -OCH3 is 1. The maximum absolute atomic E-state index is 10.9. The topological polar surface area (TPSA) is 55.7 Å². The minimum Gasteiger partial charge on any atom is -0.468 e. The lowest BCUT2D eigenvalue weighted by molar-refractivity contribution is -0.145. The van der Waals surface area contributed by atoms with Crippen LogP contribution in [0.5, 0.6) is 0 Å². The average Bonchev–Trinajstić information content (AvgIpc) is 2.04. The second-order valence-corrected chi connectivity index (χ2v) is 2.02. The highest BCUT2D eigenvalue weighted by molar-refractivity contribution is 6.34.